The van der Waals surface area contributed by atoms with Gasteiger partial charge in [0.15, 0.2) is 11.7 Å². The zero-order valence-electron chi connectivity index (χ0n) is 24.6. The number of carbonyl (C=O) groups is 1. The number of methoxy groups -OCH3 is 2. The predicted octanol–water partition coefficient (Wildman–Crippen LogP) is 6.11. The molecular formula is C34H38N2O5. The maximum Gasteiger partial charge on any atom is 0.260 e. The number of anilines is 1. The van der Waals surface area contributed by atoms with Crippen LogP contribution in [0.25, 0.3) is 6.08 Å². The molecular weight excluding hydrogens is 516 g/mol. The smallest absolute Gasteiger partial charge is 0.260 e. The topological polar surface area (TPSA) is 81.1 Å². The van der Waals surface area contributed by atoms with Gasteiger partial charge in [-0.3, -0.25) is 9.78 Å². The summed E-state index contributed by atoms with van der Waals surface area (Å²) in [5.41, 5.74) is 2.79. The quantitative estimate of drug-likeness (QED) is 0.339. The van der Waals surface area contributed by atoms with E-state index in [9.17, 15) is 9.90 Å². The van der Waals surface area contributed by atoms with Crippen LogP contribution >= 0.6 is 0 Å². The first-order valence-electron chi connectivity index (χ1n) is 13.9. The lowest BCUT2D eigenvalue weighted by Gasteiger charge is -2.46. The Balaban J connectivity index is 1.71. The molecule has 0 saturated heterocycles. The molecule has 0 aliphatic carbocycles. The van der Waals surface area contributed by atoms with E-state index in [-0.39, 0.29) is 12.5 Å². The van der Waals surface area contributed by atoms with Gasteiger partial charge >= 0.3 is 0 Å². The van der Waals surface area contributed by atoms with E-state index in [2.05, 4.69) is 31.0 Å². The molecule has 0 fully saturated rings. The van der Waals surface area contributed by atoms with Crippen molar-refractivity contribution < 1.29 is 24.1 Å². The van der Waals surface area contributed by atoms with Crippen LogP contribution in [0, 0.1) is 6.92 Å². The molecule has 0 unspecified atom stereocenters. The number of benzene rings is 2. The molecule has 0 radical (unpaired) electrons. The third-order valence-corrected chi connectivity index (χ3v) is 7.88. The molecule has 2 aromatic carbocycles. The number of fused-ring (bicyclic) bond motifs is 3. The van der Waals surface area contributed by atoms with Gasteiger partial charge < -0.3 is 24.2 Å². The van der Waals surface area contributed by atoms with E-state index in [4.69, 9.17) is 14.2 Å². The molecule has 1 aromatic heterocycles. The Kier molecular flexibility index (Phi) is 7.77. The molecule has 214 valence electrons. The third-order valence-electron chi connectivity index (χ3n) is 7.88. The van der Waals surface area contributed by atoms with Crippen molar-refractivity contribution in [2.75, 3.05) is 19.1 Å². The highest BCUT2D eigenvalue weighted by atomic mass is 16.5. The zero-order chi connectivity index (χ0) is 29.4. The lowest BCUT2D eigenvalue weighted by Crippen LogP contribution is -2.57. The Labute approximate surface area is 242 Å². The number of carbonyl (C=O) groups excluding carboxylic acids is 1. The van der Waals surface area contributed by atoms with Crippen molar-refractivity contribution in [2.24, 2.45) is 0 Å². The average molecular weight is 555 g/mol. The maximum absolute atomic E-state index is 14.1. The van der Waals surface area contributed by atoms with E-state index in [0.717, 1.165) is 29.8 Å². The van der Waals surface area contributed by atoms with Crippen LogP contribution in [-0.2, 0) is 21.7 Å². The molecule has 7 heteroatoms. The minimum Gasteiger partial charge on any atom is -0.497 e. The Morgan fingerprint density at radius 2 is 1.88 bits per heavy atom. The molecule has 0 spiro atoms. The van der Waals surface area contributed by atoms with Gasteiger partial charge in [-0.1, -0.05) is 35.9 Å². The second-order valence-electron chi connectivity index (χ2n) is 11.3. The van der Waals surface area contributed by atoms with E-state index in [0.29, 0.717) is 28.3 Å². The molecule has 3 heterocycles. The number of ether oxygens (including phenoxy) is 3. The van der Waals surface area contributed by atoms with E-state index in [1.165, 1.54) is 12.7 Å². The highest BCUT2D eigenvalue weighted by molar-refractivity contribution is 6.02. The molecule has 41 heavy (non-hydrogen) atoms. The summed E-state index contributed by atoms with van der Waals surface area (Å²) in [6.07, 6.45) is 6.68. The number of aromatic nitrogens is 1. The minimum atomic E-state index is -1.83. The van der Waals surface area contributed by atoms with E-state index in [1.807, 2.05) is 50.3 Å². The second-order valence-corrected chi connectivity index (χ2v) is 11.3. The molecule has 0 saturated carbocycles. The maximum atomic E-state index is 14.1. The van der Waals surface area contributed by atoms with Crippen molar-refractivity contribution in [1.29, 1.82) is 0 Å². The van der Waals surface area contributed by atoms with Crippen molar-refractivity contribution in [3.8, 4) is 11.5 Å². The number of rotatable bonds is 8. The number of hydrogen-bond donors (Lipinski definition) is 1. The highest BCUT2D eigenvalue weighted by Crippen LogP contribution is 2.52. The van der Waals surface area contributed by atoms with Crippen LogP contribution in [0.3, 0.4) is 0 Å². The summed E-state index contributed by atoms with van der Waals surface area (Å²) in [4.78, 5) is 20.4. The number of aliphatic hydroxyl groups is 1. The highest BCUT2D eigenvalue weighted by Gasteiger charge is 2.55. The van der Waals surface area contributed by atoms with E-state index in [1.54, 1.807) is 36.3 Å². The van der Waals surface area contributed by atoms with Gasteiger partial charge in [0.1, 0.15) is 17.1 Å². The van der Waals surface area contributed by atoms with Gasteiger partial charge in [0.05, 0.1) is 30.6 Å². The van der Waals surface area contributed by atoms with E-state index >= 15 is 0 Å². The lowest BCUT2D eigenvalue weighted by atomic mass is 9.75. The van der Waals surface area contributed by atoms with Gasteiger partial charge in [-0.2, -0.15) is 0 Å². The van der Waals surface area contributed by atoms with Crippen LogP contribution in [0.1, 0.15) is 61.7 Å². The molecule has 1 amide bonds. The van der Waals surface area contributed by atoms with Crippen LogP contribution in [-0.4, -0.2) is 41.9 Å². The first kappa shape index (κ1) is 28.6. The van der Waals surface area contributed by atoms with E-state index < -0.39 is 17.3 Å². The summed E-state index contributed by atoms with van der Waals surface area (Å²) in [5.74, 6) is 0.820. The third kappa shape index (κ3) is 5.27. The molecule has 3 atom stereocenters. The van der Waals surface area contributed by atoms with Crippen molar-refractivity contribution in [3.63, 3.8) is 0 Å². The standard InChI is InChI=1S/C34H38N2O5/c1-22(2)9-8-19-33(4)20-18-24-12-17-28-29(30(24)41-33)34(38,25-13-15-27(39-5)16-14-25)31(40-6)32(37)36(28)21-26-11-7-10-23(3)35-26/h7,9-18,20,31,38H,8,19,21H2,1-6H3/t31-,33-,34+/m1/s1. The number of amides is 1. The summed E-state index contributed by atoms with van der Waals surface area (Å²) < 4.78 is 18.0. The first-order valence-corrected chi connectivity index (χ1v) is 13.9. The summed E-state index contributed by atoms with van der Waals surface area (Å²) in [5, 5.41) is 12.7. The number of aryl methyl sites for hydroxylation is 1. The molecule has 0 bridgehead atoms. The van der Waals surface area contributed by atoms with Crippen molar-refractivity contribution in [3.05, 3.63) is 100 Å². The van der Waals surface area contributed by atoms with Gasteiger partial charge in [-0.15, -0.1) is 0 Å². The fraction of sp³-hybridized carbons (Fsp3) is 0.353. The van der Waals surface area contributed by atoms with Crippen molar-refractivity contribution in [2.45, 2.75) is 64.4 Å². The van der Waals surface area contributed by atoms with Crippen LogP contribution in [0.15, 0.2) is 72.3 Å². The molecule has 5 rings (SSSR count). The van der Waals surface area contributed by atoms with Gasteiger partial charge in [-0.05, 0) is 88.6 Å². The number of pyridine rings is 1. The summed E-state index contributed by atoms with van der Waals surface area (Å²) in [6, 6.07) is 16.6. The van der Waals surface area contributed by atoms with Crippen molar-refractivity contribution >= 4 is 17.7 Å². The zero-order valence-corrected chi connectivity index (χ0v) is 24.6. The van der Waals surface area contributed by atoms with Gasteiger partial charge in [0.2, 0.25) is 0 Å². The Morgan fingerprint density at radius 3 is 2.54 bits per heavy atom. The molecule has 3 aromatic rings. The summed E-state index contributed by atoms with van der Waals surface area (Å²) in [7, 11) is 3.04. The number of hydrogen-bond acceptors (Lipinski definition) is 6. The van der Waals surface area contributed by atoms with Crippen LogP contribution in [0.5, 0.6) is 11.5 Å². The summed E-state index contributed by atoms with van der Waals surface area (Å²) >= 11 is 0. The second kappa shape index (κ2) is 11.1. The summed E-state index contributed by atoms with van der Waals surface area (Å²) in [6.45, 7) is 8.36. The van der Waals surface area contributed by atoms with Crippen LogP contribution in [0.4, 0.5) is 5.69 Å². The number of allylic oxidation sites excluding steroid dienone is 2. The van der Waals surface area contributed by atoms with Gasteiger partial charge in [0.25, 0.3) is 5.91 Å². The average Bonchev–Trinajstić information content (AvgIpc) is 2.94. The fourth-order valence-corrected chi connectivity index (χ4v) is 5.73. The van der Waals surface area contributed by atoms with Gasteiger partial charge in [0, 0.05) is 18.4 Å². The van der Waals surface area contributed by atoms with Crippen molar-refractivity contribution in [1.82, 2.24) is 4.98 Å². The molecule has 7 nitrogen and oxygen atoms in total. The van der Waals surface area contributed by atoms with Crippen LogP contribution in [0.2, 0.25) is 0 Å². The first-order chi connectivity index (χ1) is 19.6. The molecule has 2 aliphatic heterocycles. The lowest BCUT2D eigenvalue weighted by molar-refractivity contribution is -0.146. The monoisotopic (exact) mass is 554 g/mol. The predicted molar refractivity (Wildman–Crippen MR) is 160 cm³/mol. The van der Waals surface area contributed by atoms with Crippen LogP contribution < -0.4 is 14.4 Å². The number of nitrogens with zero attached hydrogens (tertiary/aromatic N) is 2. The Hall–Kier alpha value is -3.94. The minimum absolute atomic E-state index is 0.221. The molecule has 1 N–H and O–H groups in total. The normalized spacial score (nSPS) is 23.0. The largest absolute Gasteiger partial charge is 0.497 e. The Bertz CT molecular complexity index is 1510. The fourth-order valence-electron chi connectivity index (χ4n) is 5.73. The SMILES string of the molecule is COc1ccc([C@]2(O)c3c(ccc4c3O[C@](C)(CCC=C(C)C)C=C4)N(Cc3cccc(C)n3)C(=O)[C@H]2OC)cc1. The van der Waals surface area contributed by atoms with Gasteiger partial charge in [-0.25, -0.2) is 0 Å². The Morgan fingerprint density at radius 1 is 1.12 bits per heavy atom. The molecule has 2 aliphatic rings.